The van der Waals surface area contributed by atoms with Gasteiger partial charge in [-0.1, -0.05) is 0 Å². The van der Waals surface area contributed by atoms with Gasteiger partial charge in [0.1, 0.15) is 23.1 Å². The molecule has 2 aromatic rings. The molecular weight excluding hydrogens is 325 g/mol. The summed E-state index contributed by atoms with van der Waals surface area (Å²) in [5.41, 5.74) is -0.0737. The molecule has 1 amide bonds. The van der Waals surface area contributed by atoms with Crippen molar-refractivity contribution in [2.75, 3.05) is 24.5 Å². The Balaban J connectivity index is 1.61. The molecule has 0 aliphatic carbocycles. The van der Waals surface area contributed by atoms with Gasteiger partial charge in [-0.3, -0.25) is 4.79 Å². The van der Waals surface area contributed by atoms with Crippen LogP contribution in [0.4, 0.5) is 10.2 Å². The molecule has 1 aliphatic rings. The molecule has 0 spiro atoms. The van der Waals surface area contributed by atoms with Gasteiger partial charge in [0.25, 0.3) is 5.91 Å². The lowest BCUT2D eigenvalue weighted by atomic mass is 10.0. The summed E-state index contributed by atoms with van der Waals surface area (Å²) < 4.78 is 13.0. The average Bonchev–Trinajstić information content (AvgIpc) is 2.96. The SMILES string of the molecule is Cc1ncc(C(=O)NC[C@@]2(O)CCN(c3ccc(F)cn3)C2)c(C)n1. The van der Waals surface area contributed by atoms with Gasteiger partial charge in [-0.2, -0.15) is 0 Å². The minimum atomic E-state index is -1.06. The summed E-state index contributed by atoms with van der Waals surface area (Å²) in [6.45, 7) is 4.51. The average molecular weight is 345 g/mol. The van der Waals surface area contributed by atoms with Crippen LogP contribution in [0.15, 0.2) is 24.5 Å². The molecule has 3 rings (SSSR count). The predicted molar refractivity (Wildman–Crippen MR) is 89.8 cm³/mol. The number of aliphatic hydroxyl groups is 1. The summed E-state index contributed by atoms with van der Waals surface area (Å²) in [5.74, 6) is 0.489. The third-order valence-corrected chi connectivity index (χ3v) is 4.29. The zero-order valence-corrected chi connectivity index (χ0v) is 14.2. The predicted octanol–water partition coefficient (Wildman–Crippen LogP) is 0.999. The Labute approximate surface area is 144 Å². The molecule has 3 heterocycles. The molecule has 0 radical (unpaired) electrons. The van der Waals surface area contributed by atoms with E-state index in [0.29, 0.717) is 42.4 Å². The van der Waals surface area contributed by atoms with Crippen LogP contribution in [0.5, 0.6) is 0 Å². The van der Waals surface area contributed by atoms with Crippen molar-refractivity contribution in [3.63, 3.8) is 0 Å². The highest BCUT2D eigenvalue weighted by Gasteiger charge is 2.37. The van der Waals surface area contributed by atoms with Crippen molar-refractivity contribution in [1.82, 2.24) is 20.3 Å². The summed E-state index contributed by atoms with van der Waals surface area (Å²) in [6.07, 6.45) is 3.12. The van der Waals surface area contributed by atoms with Crippen molar-refractivity contribution in [3.8, 4) is 0 Å². The van der Waals surface area contributed by atoms with Gasteiger partial charge in [-0.25, -0.2) is 19.3 Å². The molecule has 0 saturated carbocycles. The first-order chi connectivity index (χ1) is 11.9. The first kappa shape index (κ1) is 17.2. The Bertz CT molecular complexity index is 783. The smallest absolute Gasteiger partial charge is 0.254 e. The maximum atomic E-state index is 13.0. The van der Waals surface area contributed by atoms with Gasteiger partial charge in [0.15, 0.2) is 0 Å². The third kappa shape index (κ3) is 3.90. The molecule has 2 aromatic heterocycles. The number of aromatic nitrogens is 3. The van der Waals surface area contributed by atoms with Gasteiger partial charge in [-0.15, -0.1) is 0 Å². The van der Waals surface area contributed by atoms with E-state index in [-0.39, 0.29) is 12.5 Å². The Kier molecular flexibility index (Phi) is 4.63. The Morgan fingerprint density at radius 2 is 2.16 bits per heavy atom. The number of nitrogens with one attached hydrogen (secondary N) is 1. The standard InChI is InChI=1S/C17H20FN5O2/c1-11-14(8-19-12(2)22-11)16(24)21-9-17(25)5-6-23(10-17)15-4-3-13(18)7-20-15/h3-4,7-8,25H,5-6,9-10H2,1-2H3,(H,21,24)/t17-/m0/s1. The lowest BCUT2D eigenvalue weighted by Crippen LogP contribution is -2.45. The van der Waals surface area contributed by atoms with Crippen molar-refractivity contribution >= 4 is 11.7 Å². The maximum absolute atomic E-state index is 13.0. The van der Waals surface area contributed by atoms with Gasteiger partial charge < -0.3 is 15.3 Å². The Morgan fingerprint density at radius 1 is 1.36 bits per heavy atom. The number of β-amino-alcohol motifs (C(OH)–C–C–N with tert-alkyl or cyclic N) is 1. The van der Waals surface area contributed by atoms with Crippen molar-refractivity contribution in [2.24, 2.45) is 0 Å². The topological polar surface area (TPSA) is 91.2 Å². The van der Waals surface area contributed by atoms with Crippen LogP contribution in [-0.2, 0) is 0 Å². The van der Waals surface area contributed by atoms with E-state index in [4.69, 9.17) is 0 Å². The minimum absolute atomic E-state index is 0.108. The Hall–Kier alpha value is -2.61. The molecule has 1 fully saturated rings. The highest BCUT2D eigenvalue weighted by molar-refractivity contribution is 5.94. The number of aryl methyl sites for hydroxylation is 2. The van der Waals surface area contributed by atoms with E-state index >= 15 is 0 Å². The summed E-state index contributed by atoms with van der Waals surface area (Å²) in [7, 11) is 0. The van der Waals surface area contributed by atoms with E-state index in [1.165, 1.54) is 12.3 Å². The molecule has 1 aliphatic heterocycles. The number of hydrogen-bond acceptors (Lipinski definition) is 6. The van der Waals surface area contributed by atoms with Crippen molar-refractivity contribution in [1.29, 1.82) is 0 Å². The highest BCUT2D eigenvalue weighted by Crippen LogP contribution is 2.25. The van der Waals surface area contributed by atoms with Gasteiger partial charge in [-0.05, 0) is 32.4 Å². The second-order valence-electron chi connectivity index (χ2n) is 6.33. The van der Waals surface area contributed by atoms with Crippen LogP contribution in [0.2, 0.25) is 0 Å². The second-order valence-corrected chi connectivity index (χ2v) is 6.33. The number of carbonyl (C=O) groups excluding carboxylic acids is 1. The molecule has 7 nitrogen and oxygen atoms in total. The summed E-state index contributed by atoms with van der Waals surface area (Å²) in [5, 5.41) is 13.4. The molecule has 0 aromatic carbocycles. The Morgan fingerprint density at radius 3 is 2.84 bits per heavy atom. The van der Waals surface area contributed by atoms with E-state index in [2.05, 4.69) is 20.3 Å². The van der Waals surface area contributed by atoms with Gasteiger partial charge in [0.2, 0.25) is 0 Å². The number of halogens is 1. The van der Waals surface area contributed by atoms with Crippen LogP contribution >= 0.6 is 0 Å². The molecule has 1 atom stereocenters. The quantitative estimate of drug-likeness (QED) is 0.859. The fraction of sp³-hybridized carbons (Fsp3) is 0.412. The van der Waals surface area contributed by atoms with Gasteiger partial charge in [0, 0.05) is 25.8 Å². The van der Waals surface area contributed by atoms with Crippen LogP contribution in [0.3, 0.4) is 0 Å². The molecule has 0 unspecified atom stereocenters. The number of nitrogens with zero attached hydrogens (tertiary/aromatic N) is 4. The van der Waals surface area contributed by atoms with Crippen LogP contribution < -0.4 is 10.2 Å². The molecule has 2 N–H and O–H groups in total. The lowest BCUT2D eigenvalue weighted by molar-refractivity contribution is 0.0575. The highest BCUT2D eigenvalue weighted by atomic mass is 19.1. The number of amides is 1. The number of carbonyl (C=O) groups is 1. The van der Waals surface area contributed by atoms with E-state index < -0.39 is 11.4 Å². The largest absolute Gasteiger partial charge is 0.386 e. The fourth-order valence-electron chi connectivity index (χ4n) is 2.90. The van der Waals surface area contributed by atoms with Crippen LogP contribution in [0.25, 0.3) is 0 Å². The summed E-state index contributed by atoms with van der Waals surface area (Å²) >= 11 is 0. The summed E-state index contributed by atoms with van der Waals surface area (Å²) in [4.78, 5) is 26.4. The van der Waals surface area contributed by atoms with Crippen molar-refractivity contribution < 1.29 is 14.3 Å². The lowest BCUT2D eigenvalue weighted by Gasteiger charge is -2.24. The first-order valence-electron chi connectivity index (χ1n) is 8.04. The molecular formula is C17H20FN5O2. The monoisotopic (exact) mass is 345 g/mol. The molecule has 25 heavy (non-hydrogen) atoms. The van der Waals surface area contributed by atoms with E-state index in [1.807, 2.05) is 4.90 Å². The van der Waals surface area contributed by atoms with Gasteiger partial charge in [0.05, 0.1) is 17.5 Å². The van der Waals surface area contributed by atoms with Crippen LogP contribution in [-0.4, -0.2) is 51.2 Å². The molecule has 0 bridgehead atoms. The first-order valence-corrected chi connectivity index (χ1v) is 8.04. The molecule has 132 valence electrons. The summed E-state index contributed by atoms with van der Waals surface area (Å²) in [6, 6.07) is 2.91. The van der Waals surface area contributed by atoms with E-state index in [0.717, 1.165) is 6.20 Å². The number of pyridine rings is 1. The van der Waals surface area contributed by atoms with Crippen LogP contribution in [0, 0.1) is 19.7 Å². The third-order valence-electron chi connectivity index (χ3n) is 4.29. The second kappa shape index (κ2) is 6.72. The number of rotatable bonds is 4. The minimum Gasteiger partial charge on any atom is -0.386 e. The van der Waals surface area contributed by atoms with Gasteiger partial charge >= 0.3 is 0 Å². The van der Waals surface area contributed by atoms with Crippen LogP contribution in [0.1, 0.15) is 28.3 Å². The molecule has 8 heteroatoms. The molecule has 1 saturated heterocycles. The normalized spacial score (nSPS) is 19.9. The van der Waals surface area contributed by atoms with E-state index in [9.17, 15) is 14.3 Å². The zero-order valence-electron chi connectivity index (χ0n) is 14.2. The maximum Gasteiger partial charge on any atom is 0.254 e. The number of hydrogen-bond donors (Lipinski definition) is 2. The fourth-order valence-corrected chi connectivity index (χ4v) is 2.90. The zero-order chi connectivity index (χ0) is 18.0. The van der Waals surface area contributed by atoms with Crippen molar-refractivity contribution in [3.05, 3.63) is 47.4 Å². The number of anilines is 1. The van der Waals surface area contributed by atoms with E-state index in [1.54, 1.807) is 19.9 Å². The van der Waals surface area contributed by atoms with Crippen molar-refractivity contribution in [2.45, 2.75) is 25.9 Å².